The second-order valence-electron chi connectivity index (χ2n) is 4.66. The molecule has 4 heteroatoms. The number of pyridine rings is 1. The first-order valence-electron chi connectivity index (χ1n) is 6.11. The van der Waals surface area contributed by atoms with E-state index < -0.39 is 6.10 Å². The summed E-state index contributed by atoms with van der Waals surface area (Å²) in [4.78, 5) is 5.51. The summed E-state index contributed by atoms with van der Waals surface area (Å²) in [7, 11) is 0. The maximum absolute atomic E-state index is 10.6. The predicted octanol–water partition coefficient (Wildman–Crippen LogP) is 4.06. The lowest BCUT2D eigenvalue weighted by molar-refractivity contribution is 0.137. The summed E-state index contributed by atoms with van der Waals surface area (Å²) in [6.07, 6.45) is 4.62. The number of thiophene rings is 1. The van der Waals surface area contributed by atoms with E-state index >= 15 is 0 Å². The second-order valence-corrected chi connectivity index (χ2v) is 6.52. The third-order valence-electron chi connectivity index (χ3n) is 3.50. The molecule has 18 heavy (non-hydrogen) atoms. The number of aryl methyl sites for hydroxylation is 1. The van der Waals surface area contributed by atoms with E-state index in [0.29, 0.717) is 0 Å². The fourth-order valence-electron chi connectivity index (χ4n) is 2.63. The van der Waals surface area contributed by atoms with Crippen LogP contribution in [0, 0.1) is 0 Å². The predicted molar refractivity (Wildman–Crippen MR) is 76.9 cm³/mol. The molecule has 0 saturated carbocycles. The molecule has 0 aromatic carbocycles. The van der Waals surface area contributed by atoms with Crippen molar-refractivity contribution in [3.8, 4) is 0 Å². The molecular formula is C14H14BrNOS. The average molecular weight is 324 g/mol. The number of halogens is 1. The van der Waals surface area contributed by atoms with Gasteiger partial charge in [-0.05, 0) is 52.9 Å². The lowest BCUT2D eigenvalue weighted by Crippen LogP contribution is -2.17. The molecule has 0 fully saturated rings. The van der Waals surface area contributed by atoms with Gasteiger partial charge in [-0.25, -0.2) is 0 Å². The molecule has 2 unspecified atom stereocenters. The van der Waals surface area contributed by atoms with Gasteiger partial charge in [-0.1, -0.05) is 6.07 Å². The Bertz CT molecular complexity index is 554. The maximum Gasteiger partial charge on any atom is 0.0965 e. The van der Waals surface area contributed by atoms with Gasteiger partial charge in [0.25, 0.3) is 0 Å². The van der Waals surface area contributed by atoms with Crippen molar-refractivity contribution in [1.29, 1.82) is 0 Å². The van der Waals surface area contributed by atoms with Crippen molar-refractivity contribution in [1.82, 2.24) is 4.98 Å². The fraction of sp³-hybridized carbons (Fsp3) is 0.357. The van der Waals surface area contributed by atoms with E-state index in [1.165, 1.54) is 5.56 Å². The average Bonchev–Trinajstić information content (AvgIpc) is 2.84. The van der Waals surface area contributed by atoms with Crippen LogP contribution in [0.4, 0.5) is 0 Å². The minimum Gasteiger partial charge on any atom is -0.387 e. The van der Waals surface area contributed by atoms with Crippen LogP contribution in [0.2, 0.25) is 0 Å². The Kier molecular flexibility index (Phi) is 3.50. The number of aliphatic hydroxyl groups excluding tert-OH is 1. The molecule has 2 heterocycles. The first kappa shape index (κ1) is 12.3. The van der Waals surface area contributed by atoms with Gasteiger partial charge in [0.1, 0.15) is 0 Å². The molecule has 0 amide bonds. The van der Waals surface area contributed by atoms with Crippen molar-refractivity contribution in [3.05, 3.63) is 50.4 Å². The van der Waals surface area contributed by atoms with Crippen molar-refractivity contribution >= 4 is 27.3 Å². The largest absolute Gasteiger partial charge is 0.387 e. The molecule has 2 aromatic heterocycles. The number of aromatic nitrogens is 1. The molecule has 0 saturated heterocycles. The van der Waals surface area contributed by atoms with Gasteiger partial charge in [-0.15, -0.1) is 11.3 Å². The van der Waals surface area contributed by atoms with E-state index in [1.54, 1.807) is 11.3 Å². The zero-order valence-electron chi connectivity index (χ0n) is 9.84. The number of hydrogen-bond donors (Lipinski definition) is 1. The lowest BCUT2D eigenvalue weighted by Gasteiger charge is -2.27. The molecule has 2 nitrogen and oxygen atoms in total. The van der Waals surface area contributed by atoms with E-state index in [-0.39, 0.29) is 5.92 Å². The molecule has 1 aliphatic rings. The van der Waals surface area contributed by atoms with Crippen LogP contribution in [0.3, 0.4) is 0 Å². The van der Waals surface area contributed by atoms with Crippen molar-refractivity contribution in [2.75, 3.05) is 0 Å². The van der Waals surface area contributed by atoms with Crippen molar-refractivity contribution in [3.63, 3.8) is 0 Å². The van der Waals surface area contributed by atoms with E-state index in [9.17, 15) is 5.11 Å². The Morgan fingerprint density at radius 3 is 3.17 bits per heavy atom. The monoisotopic (exact) mass is 323 g/mol. The summed E-state index contributed by atoms with van der Waals surface area (Å²) in [5, 5.41) is 12.6. The number of hydrogen-bond acceptors (Lipinski definition) is 3. The quantitative estimate of drug-likeness (QED) is 0.904. The highest BCUT2D eigenvalue weighted by molar-refractivity contribution is 9.10. The third kappa shape index (κ3) is 2.25. The summed E-state index contributed by atoms with van der Waals surface area (Å²) < 4.78 is 1.04. The number of nitrogens with zero attached hydrogens (tertiary/aromatic N) is 1. The van der Waals surface area contributed by atoms with Gasteiger partial charge < -0.3 is 5.11 Å². The van der Waals surface area contributed by atoms with Crippen LogP contribution in [0.25, 0.3) is 0 Å². The Morgan fingerprint density at radius 1 is 1.50 bits per heavy atom. The zero-order chi connectivity index (χ0) is 12.5. The molecule has 1 aliphatic carbocycles. The standard InChI is InChI=1S/C14H14BrNOS/c15-10-7-12(18-8-10)14(17)11-5-1-3-9-4-2-6-16-13(9)11/h2,4,6-8,11,14,17H,1,3,5H2. The summed E-state index contributed by atoms with van der Waals surface area (Å²) in [5.74, 6) is 0.139. The molecule has 0 radical (unpaired) electrons. The van der Waals surface area contributed by atoms with Crippen molar-refractivity contribution in [2.45, 2.75) is 31.3 Å². The van der Waals surface area contributed by atoms with Crippen molar-refractivity contribution in [2.24, 2.45) is 0 Å². The first-order chi connectivity index (χ1) is 8.75. The van der Waals surface area contributed by atoms with Gasteiger partial charge in [-0.3, -0.25) is 4.98 Å². The summed E-state index contributed by atoms with van der Waals surface area (Å²) in [6, 6.07) is 6.12. The zero-order valence-corrected chi connectivity index (χ0v) is 12.2. The van der Waals surface area contributed by atoms with E-state index in [0.717, 1.165) is 34.3 Å². The van der Waals surface area contributed by atoms with Crippen LogP contribution in [-0.4, -0.2) is 10.1 Å². The molecule has 0 aliphatic heterocycles. The molecule has 2 aromatic rings. The molecule has 1 N–H and O–H groups in total. The minimum atomic E-state index is -0.435. The molecule has 3 rings (SSSR count). The molecule has 94 valence electrons. The second kappa shape index (κ2) is 5.11. The van der Waals surface area contributed by atoms with Crippen LogP contribution < -0.4 is 0 Å². The third-order valence-corrected chi connectivity index (χ3v) is 5.26. The summed E-state index contributed by atoms with van der Waals surface area (Å²) in [5.41, 5.74) is 2.38. The minimum absolute atomic E-state index is 0.139. The van der Waals surface area contributed by atoms with Crippen LogP contribution in [-0.2, 0) is 6.42 Å². The SMILES string of the molecule is OC(c1cc(Br)cs1)C1CCCc2cccnc21. The Hall–Kier alpha value is -0.710. The smallest absolute Gasteiger partial charge is 0.0965 e. The number of rotatable bonds is 2. The topological polar surface area (TPSA) is 33.1 Å². The van der Waals surface area contributed by atoms with E-state index in [1.807, 2.05) is 23.7 Å². The maximum atomic E-state index is 10.6. The first-order valence-corrected chi connectivity index (χ1v) is 7.79. The van der Waals surface area contributed by atoms with Crippen LogP contribution >= 0.6 is 27.3 Å². The Balaban J connectivity index is 1.94. The molecular weight excluding hydrogens is 310 g/mol. The number of aliphatic hydroxyl groups is 1. The van der Waals surface area contributed by atoms with Gasteiger partial charge in [-0.2, -0.15) is 0 Å². The molecule has 0 bridgehead atoms. The van der Waals surface area contributed by atoms with E-state index in [4.69, 9.17) is 0 Å². The van der Waals surface area contributed by atoms with Crippen molar-refractivity contribution < 1.29 is 5.11 Å². The van der Waals surface area contributed by atoms with E-state index in [2.05, 4.69) is 27.0 Å². The van der Waals surface area contributed by atoms with Gasteiger partial charge in [0.15, 0.2) is 0 Å². The van der Waals surface area contributed by atoms with Crippen LogP contribution in [0.5, 0.6) is 0 Å². The highest BCUT2D eigenvalue weighted by atomic mass is 79.9. The van der Waals surface area contributed by atoms with Gasteiger partial charge in [0, 0.05) is 32.5 Å². The number of fused-ring (bicyclic) bond motifs is 1. The highest BCUT2D eigenvalue weighted by Gasteiger charge is 2.29. The van der Waals surface area contributed by atoms with Gasteiger partial charge in [0.2, 0.25) is 0 Å². The summed E-state index contributed by atoms with van der Waals surface area (Å²) >= 11 is 5.04. The fourth-order valence-corrected chi connectivity index (χ4v) is 4.13. The molecule has 0 spiro atoms. The Morgan fingerprint density at radius 2 is 2.39 bits per heavy atom. The van der Waals surface area contributed by atoms with Gasteiger partial charge in [0.05, 0.1) is 6.10 Å². The normalized spacial score (nSPS) is 20.4. The Labute approximate surface area is 119 Å². The molecule has 2 atom stereocenters. The lowest BCUT2D eigenvalue weighted by atomic mass is 9.83. The van der Waals surface area contributed by atoms with Gasteiger partial charge >= 0.3 is 0 Å². The van der Waals surface area contributed by atoms with Crippen LogP contribution in [0.1, 0.15) is 41.0 Å². The summed E-state index contributed by atoms with van der Waals surface area (Å²) in [6.45, 7) is 0. The highest BCUT2D eigenvalue weighted by Crippen LogP contribution is 2.41. The van der Waals surface area contributed by atoms with Crippen LogP contribution in [0.15, 0.2) is 34.2 Å².